The monoisotopic (exact) mass is 274 g/mol. The third-order valence-corrected chi connectivity index (χ3v) is 4.36. The topological polar surface area (TPSA) is 0 Å². The first-order chi connectivity index (χ1) is 10.4. The zero-order valence-electron chi connectivity index (χ0n) is 12.6. The van der Waals surface area contributed by atoms with Gasteiger partial charge in [-0.05, 0) is 36.0 Å². The first-order valence-corrected chi connectivity index (χ1v) is 7.85. The van der Waals surface area contributed by atoms with E-state index in [0.717, 1.165) is 19.3 Å². The van der Waals surface area contributed by atoms with E-state index in [0.29, 0.717) is 5.92 Å². The lowest BCUT2D eigenvalue weighted by Crippen LogP contribution is -2.07. The summed E-state index contributed by atoms with van der Waals surface area (Å²) >= 11 is 0. The van der Waals surface area contributed by atoms with Crippen molar-refractivity contribution in [2.45, 2.75) is 32.1 Å². The van der Waals surface area contributed by atoms with E-state index in [4.69, 9.17) is 0 Å². The minimum absolute atomic E-state index is 0.499. The Morgan fingerprint density at radius 1 is 0.905 bits per heavy atom. The third-order valence-electron chi connectivity index (χ3n) is 4.36. The second kappa shape index (κ2) is 6.58. The van der Waals surface area contributed by atoms with Crippen molar-refractivity contribution >= 4 is 0 Å². The predicted molar refractivity (Wildman–Crippen MR) is 90.4 cm³/mol. The smallest absolute Gasteiger partial charge is 0.00974 e. The summed E-state index contributed by atoms with van der Waals surface area (Å²) in [6.45, 7) is 2.26. The fourth-order valence-electron chi connectivity index (χ4n) is 3.25. The molecule has 0 N–H and O–H groups in total. The van der Waals surface area contributed by atoms with Gasteiger partial charge >= 0.3 is 0 Å². The molecule has 2 aromatic carbocycles. The maximum absolute atomic E-state index is 2.32. The average molecular weight is 274 g/mol. The lowest BCUT2D eigenvalue weighted by atomic mass is 9.83. The van der Waals surface area contributed by atoms with Crippen LogP contribution in [0.2, 0.25) is 0 Å². The Kier molecular flexibility index (Phi) is 4.35. The van der Waals surface area contributed by atoms with Crippen molar-refractivity contribution in [3.63, 3.8) is 0 Å². The lowest BCUT2D eigenvalue weighted by Gasteiger charge is -2.21. The molecule has 0 nitrogen and oxygen atoms in total. The molecule has 0 heterocycles. The molecule has 0 spiro atoms. The highest BCUT2D eigenvalue weighted by atomic mass is 14.2. The molecule has 1 aliphatic carbocycles. The molecule has 3 rings (SSSR count). The Morgan fingerprint density at radius 3 is 2.24 bits per heavy atom. The number of allylic oxidation sites excluding steroid dienone is 4. The zero-order valence-corrected chi connectivity index (χ0v) is 12.6. The second-order valence-electron chi connectivity index (χ2n) is 5.66. The first-order valence-electron chi connectivity index (χ1n) is 7.85. The first kappa shape index (κ1) is 13.9. The summed E-state index contributed by atoms with van der Waals surface area (Å²) in [6.07, 6.45) is 7.95. The van der Waals surface area contributed by atoms with Gasteiger partial charge in [0, 0.05) is 5.92 Å². The van der Waals surface area contributed by atoms with Gasteiger partial charge in [0.15, 0.2) is 0 Å². The third kappa shape index (κ3) is 3.16. The number of rotatable bonds is 5. The Bertz CT molecular complexity index is 632. The van der Waals surface area contributed by atoms with Crippen molar-refractivity contribution in [1.82, 2.24) is 0 Å². The van der Waals surface area contributed by atoms with Crippen LogP contribution in [-0.4, -0.2) is 0 Å². The fourth-order valence-corrected chi connectivity index (χ4v) is 3.25. The molecule has 0 amide bonds. The summed E-state index contributed by atoms with van der Waals surface area (Å²) in [5, 5.41) is 0. The minimum Gasteiger partial charge on any atom is -0.0802 e. The van der Waals surface area contributed by atoms with Crippen molar-refractivity contribution < 1.29 is 0 Å². The van der Waals surface area contributed by atoms with E-state index >= 15 is 0 Å². The summed E-state index contributed by atoms with van der Waals surface area (Å²) in [4.78, 5) is 0. The Morgan fingerprint density at radius 2 is 1.57 bits per heavy atom. The molecule has 0 bridgehead atoms. The fraction of sp³-hybridized carbons (Fsp3) is 0.238. The molecule has 0 radical (unpaired) electrons. The summed E-state index contributed by atoms with van der Waals surface area (Å²) < 4.78 is 0. The summed E-state index contributed by atoms with van der Waals surface area (Å²) in [5.41, 5.74) is 5.99. The van der Waals surface area contributed by atoms with E-state index in [-0.39, 0.29) is 0 Å². The minimum atomic E-state index is 0.499. The molecule has 0 aromatic heterocycles. The van der Waals surface area contributed by atoms with Crippen LogP contribution in [0, 0.1) is 0 Å². The maximum atomic E-state index is 2.32. The van der Waals surface area contributed by atoms with Gasteiger partial charge in [0.05, 0.1) is 0 Å². The van der Waals surface area contributed by atoms with Crippen molar-refractivity contribution in [2.75, 3.05) is 0 Å². The maximum Gasteiger partial charge on any atom is 0.00974 e. The van der Waals surface area contributed by atoms with E-state index in [1.807, 2.05) is 0 Å². The van der Waals surface area contributed by atoms with Crippen LogP contribution in [0.1, 0.15) is 36.8 Å². The average Bonchev–Trinajstić information content (AvgIpc) is 3.03. The van der Waals surface area contributed by atoms with E-state index < -0.39 is 0 Å². The number of hydrogen-bond acceptors (Lipinski definition) is 0. The molecule has 0 fully saturated rings. The van der Waals surface area contributed by atoms with Crippen molar-refractivity contribution in [1.29, 1.82) is 0 Å². The van der Waals surface area contributed by atoms with Gasteiger partial charge in [0.1, 0.15) is 0 Å². The molecule has 106 valence electrons. The van der Waals surface area contributed by atoms with Crippen LogP contribution in [0.3, 0.4) is 0 Å². The van der Waals surface area contributed by atoms with Crippen LogP contribution in [0.4, 0.5) is 0 Å². The number of hydrogen-bond donors (Lipinski definition) is 0. The standard InChI is InChI=1S/C21H22/c1-2-18-14-9-15-20(18)21(19-12-7-4-8-13-19)16-17-10-5-3-6-11-17/h3-14,21H,2,15-16H2,1H3. The molecule has 0 aliphatic heterocycles. The van der Waals surface area contributed by atoms with Crippen molar-refractivity contribution in [3.8, 4) is 0 Å². The van der Waals surface area contributed by atoms with Gasteiger partial charge in [-0.15, -0.1) is 0 Å². The van der Waals surface area contributed by atoms with Gasteiger partial charge in [-0.25, -0.2) is 0 Å². The van der Waals surface area contributed by atoms with Crippen LogP contribution in [0.15, 0.2) is 84.0 Å². The molecular weight excluding hydrogens is 252 g/mol. The van der Waals surface area contributed by atoms with Crippen molar-refractivity contribution in [3.05, 3.63) is 95.1 Å². The van der Waals surface area contributed by atoms with E-state index in [2.05, 4.69) is 79.7 Å². The SMILES string of the molecule is CCC1=C(C(Cc2ccccc2)c2ccccc2)CC=C1. The predicted octanol–water partition coefficient (Wildman–Crippen LogP) is 5.68. The van der Waals surface area contributed by atoms with Crippen LogP contribution < -0.4 is 0 Å². The highest BCUT2D eigenvalue weighted by molar-refractivity contribution is 5.42. The summed E-state index contributed by atoms with van der Waals surface area (Å²) in [7, 11) is 0. The van der Waals surface area contributed by atoms with Gasteiger partial charge in [0.25, 0.3) is 0 Å². The van der Waals surface area contributed by atoms with Gasteiger partial charge in [0.2, 0.25) is 0 Å². The molecule has 2 aromatic rings. The molecule has 1 unspecified atom stereocenters. The number of benzene rings is 2. The van der Waals surface area contributed by atoms with E-state index in [9.17, 15) is 0 Å². The Hall–Kier alpha value is -2.08. The van der Waals surface area contributed by atoms with Gasteiger partial charge in [-0.1, -0.05) is 85.3 Å². The van der Waals surface area contributed by atoms with Crippen LogP contribution >= 0.6 is 0 Å². The highest BCUT2D eigenvalue weighted by Crippen LogP contribution is 2.36. The van der Waals surface area contributed by atoms with Gasteiger partial charge in [-0.2, -0.15) is 0 Å². The molecule has 1 aliphatic rings. The van der Waals surface area contributed by atoms with Gasteiger partial charge in [-0.3, -0.25) is 0 Å². The van der Waals surface area contributed by atoms with Gasteiger partial charge < -0.3 is 0 Å². The molecular formula is C21H22. The molecule has 0 heteroatoms. The Labute approximate surface area is 127 Å². The lowest BCUT2D eigenvalue weighted by molar-refractivity contribution is 0.760. The second-order valence-corrected chi connectivity index (χ2v) is 5.66. The Balaban J connectivity index is 1.96. The normalized spacial score (nSPS) is 15.5. The van der Waals surface area contributed by atoms with E-state index in [1.165, 1.54) is 16.7 Å². The van der Waals surface area contributed by atoms with Crippen molar-refractivity contribution in [2.24, 2.45) is 0 Å². The summed E-state index contributed by atoms with van der Waals surface area (Å²) in [5.74, 6) is 0.499. The quantitative estimate of drug-likeness (QED) is 0.658. The molecule has 0 saturated carbocycles. The van der Waals surface area contributed by atoms with Crippen LogP contribution in [0.5, 0.6) is 0 Å². The van der Waals surface area contributed by atoms with E-state index in [1.54, 1.807) is 5.57 Å². The summed E-state index contributed by atoms with van der Waals surface area (Å²) in [6, 6.07) is 21.8. The van der Waals surface area contributed by atoms with Crippen LogP contribution in [0.25, 0.3) is 0 Å². The zero-order chi connectivity index (χ0) is 14.5. The van der Waals surface area contributed by atoms with Crippen LogP contribution in [-0.2, 0) is 6.42 Å². The molecule has 0 saturated heterocycles. The largest absolute Gasteiger partial charge is 0.0802 e. The molecule has 21 heavy (non-hydrogen) atoms. The highest BCUT2D eigenvalue weighted by Gasteiger charge is 2.21. The molecule has 1 atom stereocenters.